The molecule has 1 saturated heterocycles. The average molecular weight is 251 g/mol. The Balaban J connectivity index is 2.13. The lowest BCUT2D eigenvalue weighted by atomic mass is 10.1. The third-order valence-corrected chi connectivity index (χ3v) is 3.68. The van der Waals surface area contributed by atoms with Crippen molar-refractivity contribution in [3.63, 3.8) is 0 Å². The summed E-state index contributed by atoms with van der Waals surface area (Å²) in [6.45, 7) is 8.52. The van der Waals surface area contributed by atoms with Gasteiger partial charge >= 0.3 is 0 Å². The zero-order valence-electron chi connectivity index (χ0n) is 11.9. The van der Waals surface area contributed by atoms with Crippen LogP contribution in [0.4, 0.5) is 11.5 Å². The predicted molar refractivity (Wildman–Crippen MR) is 75.9 cm³/mol. The van der Waals surface area contributed by atoms with Crippen molar-refractivity contribution < 1.29 is 0 Å². The topological polar surface area (TPSA) is 59.1 Å². The normalized spacial score (nSPS) is 18.5. The van der Waals surface area contributed by atoms with Gasteiger partial charge in [0.05, 0.1) is 11.4 Å². The number of nitrogens with one attached hydrogen (secondary N) is 1. The molecule has 2 heterocycles. The van der Waals surface area contributed by atoms with Crippen LogP contribution in [0.5, 0.6) is 0 Å². The van der Waals surface area contributed by atoms with Gasteiger partial charge in [-0.1, -0.05) is 0 Å². The highest BCUT2D eigenvalue weighted by Crippen LogP contribution is 2.27. The van der Waals surface area contributed by atoms with Gasteiger partial charge in [-0.05, 0) is 53.8 Å². The Hall–Kier alpha value is -1.23. The van der Waals surface area contributed by atoms with Crippen LogP contribution < -0.4 is 11.1 Å². The molecule has 0 saturated carbocycles. The maximum Gasteiger partial charge on any atom is 0.148 e. The molecule has 1 aliphatic rings. The molecule has 1 fully saturated rings. The molecule has 0 atom stereocenters. The summed E-state index contributed by atoms with van der Waals surface area (Å²) in [7, 11) is 2.17. The molecule has 0 spiro atoms. The fourth-order valence-electron chi connectivity index (χ4n) is 2.42. The molecule has 1 aromatic heterocycles. The smallest absolute Gasteiger partial charge is 0.148 e. The molecule has 1 aliphatic heterocycles. The predicted octanol–water partition coefficient (Wildman–Crippen LogP) is 1.86. The number of hydrogen-bond donors (Lipinski definition) is 2. The molecule has 1 aromatic rings. The number of rotatable bonds is 3. The van der Waals surface area contributed by atoms with Crippen LogP contribution >= 0.6 is 0 Å². The van der Waals surface area contributed by atoms with Crippen molar-refractivity contribution in [2.75, 3.05) is 31.2 Å². The summed E-state index contributed by atoms with van der Waals surface area (Å²) in [5.41, 5.74) is 7.84. The number of nitrogens with two attached hydrogens (primary N) is 1. The van der Waals surface area contributed by atoms with Gasteiger partial charge < -0.3 is 16.0 Å². The zero-order chi connectivity index (χ0) is 13.3. The molecule has 0 aromatic carbocycles. The van der Waals surface area contributed by atoms with E-state index in [4.69, 9.17) is 5.73 Å². The second kappa shape index (κ2) is 5.18. The summed E-state index contributed by atoms with van der Waals surface area (Å²) in [5, 5.41) is 8.10. The van der Waals surface area contributed by atoms with E-state index in [1.54, 1.807) is 0 Å². The molecule has 3 N–H and O–H groups in total. The van der Waals surface area contributed by atoms with Crippen molar-refractivity contribution in [2.45, 2.75) is 45.7 Å². The summed E-state index contributed by atoms with van der Waals surface area (Å²) in [5.74, 6) is 0.997. The number of aromatic nitrogens is 2. The molecule has 2 rings (SSSR count). The lowest BCUT2D eigenvalue weighted by Gasteiger charge is -2.30. The van der Waals surface area contributed by atoms with Gasteiger partial charge in [-0.2, -0.15) is 5.10 Å². The Kier molecular flexibility index (Phi) is 3.80. The van der Waals surface area contributed by atoms with Gasteiger partial charge in [-0.3, -0.25) is 0 Å². The largest absolute Gasteiger partial charge is 0.394 e. The van der Waals surface area contributed by atoms with E-state index in [2.05, 4.69) is 36.2 Å². The molecule has 0 radical (unpaired) electrons. The first-order chi connectivity index (χ1) is 8.49. The highest BCUT2D eigenvalue weighted by atomic mass is 15.4. The molecule has 0 amide bonds. The van der Waals surface area contributed by atoms with Crippen LogP contribution in [0, 0.1) is 6.92 Å². The van der Waals surface area contributed by atoms with E-state index in [9.17, 15) is 0 Å². The fourth-order valence-corrected chi connectivity index (χ4v) is 2.42. The second-order valence-electron chi connectivity index (χ2n) is 5.61. The van der Waals surface area contributed by atoms with Crippen LogP contribution in [-0.4, -0.2) is 40.9 Å². The van der Waals surface area contributed by atoms with E-state index in [1.165, 1.54) is 0 Å². The Morgan fingerprint density at radius 3 is 2.50 bits per heavy atom. The fraction of sp³-hybridized carbons (Fsp3) is 0.769. The van der Waals surface area contributed by atoms with Crippen LogP contribution in [-0.2, 0) is 0 Å². The van der Waals surface area contributed by atoms with Gasteiger partial charge in [-0.25, -0.2) is 4.68 Å². The summed E-state index contributed by atoms with van der Waals surface area (Å²) in [6, 6.07) is 0.840. The molecule has 5 nitrogen and oxygen atoms in total. The first-order valence-corrected chi connectivity index (χ1v) is 6.78. The minimum absolute atomic E-state index is 0.328. The summed E-state index contributed by atoms with van der Waals surface area (Å²) < 4.78 is 2.00. The second-order valence-corrected chi connectivity index (χ2v) is 5.61. The number of aryl methyl sites for hydroxylation is 1. The van der Waals surface area contributed by atoms with E-state index >= 15 is 0 Å². The van der Waals surface area contributed by atoms with Crippen LogP contribution in [0.3, 0.4) is 0 Å². The Labute approximate surface area is 109 Å². The van der Waals surface area contributed by atoms with E-state index in [1.807, 2.05) is 11.6 Å². The number of likely N-dealkylation sites (tertiary alicyclic amines) is 1. The molecule has 0 unspecified atom stereocenters. The molecule has 0 bridgehead atoms. The number of piperidine rings is 1. The van der Waals surface area contributed by atoms with E-state index in [-0.39, 0.29) is 0 Å². The van der Waals surface area contributed by atoms with Crippen molar-refractivity contribution >= 4 is 11.5 Å². The summed E-state index contributed by atoms with van der Waals surface area (Å²) >= 11 is 0. The quantitative estimate of drug-likeness (QED) is 0.861. The molecule has 0 aliphatic carbocycles. The molecule has 18 heavy (non-hydrogen) atoms. The van der Waals surface area contributed by atoms with Crippen molar-refractivity contribution in [1.82, 2.24) is 14.7 Å². The summed E-state index contributed by atoms with van der Waals surface area (Å²) in [6.07, 6.45) is 2.33. The van der Waals surface area contributed by atoms with E-state index < -0.39 is 0 Å². The molecule has 5 heteroatoms. The van der Waals surface area contributed by atoms with Crippen LogP contribution in [0.15, 0.2) is 0 Å². The van der Waals surface area contributed by atoms with Crippen LogP contribution in [0.2, 0.25) is 0 Å². The van der Waals surface area contributed by atoms with Crippen molar-refractivity contribution in [3.8, 4) is 0 Å². The van der Waals surface area contributed by atoms with Gasteiger partial charge in [-0.15, -0.1) is 0 Å². The minimum atomic E-state index is 0.328. The summed E-state index contributed by atoms with van der Waals surface area (Å²) in [4.78, 5) is 2.37. The van der Waals surface area contributed by atoms with Crippen LogP contribution in [0.25, 0.3) is 0 Å². The molecular weight excluding hydrogens is 226 g/mol. The van der Waals surface area contributed by atoms with E-state index in [0.717, 1.165) is 43.1 Å². The number of hydrogen-bond acceptors (Lipinski definition) is 4. The van der Waals surface area contributed by atoms with Crippen molar-refractivity contribution in [1.29, 1.82) is 0 Å². The number of nitrogen functional groups attached to an aromatic ring is 1. The minimum Gasteiger partial charge on any atom is -0.394 e. The third kappa shape index (κ3) is 2.61. The van der Waals surface area contributed by atoms with Gasteiger partial charge in [0.15, 0.2) is 0 Å². The van der Waals surface area contributed by atoms with Gasteiger partial charge in [0.1, 0.15) is 5.82 Å². The van der Waals surface area contributed by atoms with Crippen molar-refractivity contribution in [3.05, 3.63) is 5.69 Å². The highest BCUT2D eigenvalue weighted by molar-refractivity contribution is 5.65. The van der Waals surface area contributed by atoms with Crippen LogP contribution in [0.1, 0.15) is 38.4 Å². The Morgan fingerprint density at radius 2 is 1.94 bits per heavy atom. The highest BCUT2D eigenvalue weighted by Gasteiger charge is 2.21. The Bertz CT molecular complexity index is 402. The number of nitrogens with zero attached hydrogens (tertiary/aromatic N) is 3. The zero-order valence-corrected chi connectivity index (χ0v) is 11.9. The molecule has 102 valence electrons. The lowest BCUT2D eigenvalue weighted by Crippen LogP contribution is -2.37. The Morgan fingerprint density at radius 1 is 1.33 bits per heavy atom. The SMILES string of the molecule is Cc1nn(C(C)C)c(NC2CCN(C)CC2)c1N. The third-order valence-electron chi connectivity index (χ3n) is 3.68. The first kappa shape index (κ1) is 13.2. The maximum atomic E-state index is 6.13. The van der Waals surface area contributed by atoms with Gasteiger partial charge in [0.2, 0.25) is 0 Å². The van der Waals surface area contributed by atoms with Gasteiger partial charge in [0.25, 0.3) is 0 Å². The average Bonchev–Trinajstić information content (AvgIpc) is 2.60. The molecular formula is C13H25N5. The van der Waals surface area contributed by atoms with Crippen molar-refractivity contribution in [2.24, 2.45) is 0 Å². The van der Waals surface area contributed by atoms with Gasteiger partial charge in [0, 0.05) is 12.1 Å². The standard InChI is InChI=1S/C13H25N5/c1-9(2)18-13(12(14)10(3)16-18)15-11-5-7-17(4)8-6-11/h9,11,15H,5-8,14H2,1-4H3. The lowest BCUT2D eigenvalue weighted by molar-refractivity contribution is 0.263. The first-order valence-electron chi connectivity index (χ1n) is 6.78. The number of anilines is 2. The monoisotopic (exact) mass is 251 g/mol. The maximum absolute atomic E-state index is 6.13. The van der Waals surface area contributed by atoms with E-state index in [0.29, 0.717) is 12.1 Å².